The van der Waals surface area contributed by atoms with Crippen LogP contribution in [0.2, 0.25) is 0 Å². The zero-order valence-corrected chi connectivity index (χ0v) is 17.9. The molecular weight excluding hydrogens is 443 g/mol. The molecule has 176 valence electrons. The van der Waals surface area contributed by atoms with Crippen molar-refractivity contribution in [2.24, 2.45) is 0 Å². The number of imide groups is 1. The highest BCUT2D eigenvalue weighted by molar-refractivity contribution is 6.10. The highest BCUT2D eigenvalue weighted by Crippen LogP contribution is 2.35. The molecular formula is C22H22F3N3O5. The Labute approximate surface area is 187 Å². The number of rotatable bonds is 8. The van der Waals surface area contributed by atoms with Crippen molar-refractivity contribution >= 4 is 17.8 Å². The van der Waals surface area contributed by atoms with E-state index in [0.717, 1.165) is 11.6 Å². The second kappa shape index (κ2) is 9.39. The van der Waals surface area contributed by atoms with E-state index < -0.39 is 29.7 Å². The Kier molecular flexibility index (Phi) is 6.80. The largest absolute Gasteiger partial charge is 0.493 e. The lowest BCUT2D eigenvalue weighted by molar-refractivity contribution is -0.200. The Balaban J connectivity index is 1.80. The van der Waals surface area contributed by atoms with Crippen molar-refractivity contribution in [1.29, 1.82) is 0 Å². The molecule has 1 saturated heterocycles. The van der Waals surface area contributed by atoms with Gasteiger partial charge >= 0.3 is 12.2 Å². The van der Waals surface area contributed by atoms with Gasteiger partial charge in [-0.2, -0.15) is 13.2 Å². The Morgan fingerprint density at radius 1 is 1.06 bits per heavy atom. The summed E-state index contributed by atoms with van der Waals surface area (Å²) in [5, 5.41) is 3.30. The number of methoxy groups -OCH3 is 2. The van der Waals surface area contributed by atoms with E-state index in [9.17, 15) is 27.6 Å². The summed E-state index contributed by atoms with van der Waals surface area (Å²) in [7, 11) is 2.65. The van der Waals surface area contributed by atoms with Crippen molar-refractivity contribution in [1.82, 2.24) is 15.5 Å². The number of carbonyl (C=O) groups is 3. The number of nitrogens with zero attached hydrogens (tertiary/aromatic N) is 1. The van der Waals surface area contributed by atoms with Crippen LogP contribution in [-0.2, 0) is 11.2 Å². The molecule has 3 rings (SSSR count). The van der Waals surface area contributed by atoms with Gasteiger partial charge in [-0.3, -0.25) is 19.8 Å². The van der Waals surface area contributed by atoms with Crippen LogP contribution in [0.4, 0.5) is 18.0 Å². The van der Waals surface area contributed by atoms with Crippen LogP contribution in [0.25, 0.3) is 0 Å². The lowest BCUT2D eigenvalue weighted by atomic mass is 10.1. The number of carbonyl (C=O) groups excluding carboxylic acids is 3. The molecule has 11 heteroatoms. The summed E-state index contributed by atoms with van der Waals surface area (Å²) in [5.74, 6) is -2.46. The number of amides is 4. The van der Waals surface area contributed by atoms with E-state index >= 15 is 0 Å². The van der Waals surface area contributed by atoms with Crippen LogP contribution in [0.1, 0.15) is 22.3 Å². The van der Waals surface area contributed by atoms with Crippen LogP contribution < -0.4 is 20.1 Å². The Morgan fingerprint density at radius 2 is 1.73 bits per heavy atom. The number of hydrogen-bond donors (Lipinski definition) is 2. The molecule has 1 heterocycles. The molecule has 0 aliphatic carbocycles. The van der Waals surface area contributed by atoms with Gasteiger partial charge in [-0.05, 0) is 36.6 Å². The van der Waals surface area contributed by atoms with Crippen LogP contribution in [0.3, 0.4) is 0 Å². The SMILES string of the molecule is COc1ccc(C(=O)N[C@@]2(C(F)(F)F)NC(=O)N(CCCc3ccccc3)C2=O)cc1OC. The molecule has 2 N–H and O–H groups in total. The number of ether oxygens (including phenoxy) is 2. The smallest absolute Gasteiger partial charge is 0.440 e. The van der Waals surface area contributed by atoms with E-state index in [1.807, 2.05) is 18.2 Å². The molecule has 2 aromatic rings. The van der Waals surface area contributed by atoms with Gasteiger partial charge in [-0.1, -0.05) is 30.3 Å². The zero-order valence-electron chi connectivity index (χ0n) is 17.9. The average Bonchev–Trinajstić information content (AvgIpc) is 3.04. The maximum Gasteiger partial charge on any atom is 0.440 e. The first-order valence-electron chi connectivity index (χ1n) is 9.92. The number of nitrogens with one attached hydrogen (secondary N) is 2. The first kappa shape index (κ1) is 23.9. The second-order valence-corrected chi connectivity index (χ2v) is 7.25. The molecule has 1 fully saturated rings. The quantitative estimate of drug-likeness (QED) is 0.585. The topological polar surface area (TPSA) is 97.0 Å². The predicted molar refractivity (Wildman–Crippen MR) is 111 cm³/mol. The summed E-state index contributed by atoms with van der Waals surface area (Å²) in [6.07, 6.45) is -4.59. The molecule has 1 aliphatic rings. The summed E-state index contributed by atoms with van der Waals surface area (Å²) in [6.45, 7) is -0.246. The van der Waals surface area contributed by atoms with Crippen molar-refractivity contribution in [3.05, 3.63) is 59.7 Å². The van der Waals surface area contributed by atoms with Gasteiger partial charge in [0.2, 0.25) is 0 Å². The zero-order chi connectivity index (χ0) is 24.2. The van der Waals surface area contributed by atoms with Crippen LogP contribution in [0.15, 0.2) is 48.5 Å². The van der Waals surface area contributed by atoms with Crippen LogP contribution in [0.5, 0.6) is 11.5 Å². The van der Waals surface area contributed by atoms with Crippen LogP contribution >= 0.6 is 0 Å². The van der Waals surface area contributed by atoms with E-state index in [-0.39, 0.29) is 30.0 Å². The monoisotopic (exact) mass is 465 g/mol. The molecule has 0 bridgehead atoms. The lowest BCUT2D eigenvalue weighted by Crippen LogP contribution is -2.69. The standard InChI is InChI=1S/C22H22F3N3O5/c1-32-16-11-10-15(13-17(16)33-2)18(29)26-21(22(23,24)25)19(30)28(20(31)27-21)12-6-9-14-7-4-3-5-8-14/h3-5,7-8,10-11,13H,6,9,12H2,1-2H3,(H,26,29)(H,27,31)/t21-/m1/s1. The Bertz CT molecular complexity index is 1050. The third-order valence-electron chi connectivity index (χ3n) is 5.17. The minimum absolute atomic E-state index is 0.107. The summed E-state index contributed by atoms with van der Waals surface area (Å²) in [4.78, 5) is 38.2. The molecule has 0 unspecified atom stereocenters. The van der Waals surface area contributed by atoms with Gasteiger partial charge in [0.05, 0.1) is 14.2 Å². The van der Waals surface area contributed by atoms with Crippen molar-refractivity contribution in [2.75, 3.05) is 20.8 Å². The van der Waals surface area contributed by atoms with Crippen molar-refractivity contribution in [2.45, 2.75) is 24.7 Å². The van der Waals surface area contributed by atoms with E-state index in [4.69, 9.17) is 9.47 Å². The summed E-state index contributed by atoms with van der Waals surface area (Å²) < 4.78 is 52.1. The fraction of sp³-hybridized carbons (Fsp3) is 0.318. The first-order valence-corrected chi connectivity index (χ1v) is 9.92. The summed E-state index contributed by atoms with van der Waals surface area (Å²) in [5.41, 5.74) is -2.89. The highest BCUT2D eigenvalue weighted by atomic mass is 19.4. The van der Waals surface area contributed by atoms with Gasteiger partial charge < -0.3 is 14.8 Å². The molecule has 0 radical (unpaired) electrons. The van der Waals surface area contributed by atoms with Gasteiger partial charge in [0.1, 0.15) is 0 Å². The van der Waals surface area contributed by atoms with Gasteiger partial charge in [-0.25, -0.2) is 4.79 Å². The van der Waals surface area contributed by atoms with Crippen LogP contribution in [-0.4, -0.2) is 55.3 Å². The Hall–Kier alpha value is -3.76. The third kappa shape index (κ3) is 4.71. The van der Waals surface area contributed by atoms with E-state index in [0.29, 0.717) is 11.3 Å². The first-order chi connectivity index (χ1) is 15.6. The molecule has 1 aliphatic heterocycles. The fourth-order valence-corrected chi connectivity index (χ4v) is 3.43. The number of halogens is 3. The minimum atomic E-state index is -5.29. The van der Waals surface area contributed by atoms with Gasteiger partial charge in [0.15, 0.2) is 11.5 Å². The average molecular weight is 465 g/mol. The maximum absolute atomic E-state index is 14.0. The normalized spacial score (nSPS) is 18.2. The molecule has 0 saturated carbocycles. The lowest BCUT2D eigenvalue weighted by Gasteiger charge is -2.30. The molecule has 0 spiro atoms. The number of alkyl halides is 3. The molecule has 8 nitrogen and oxygen atoms in total. The van der Waals surface area contributed by atoms with Gasteiger partial charge in [0, 0.05) is 12.1 Å². The van der Waals surface area contributed by atoms with Crippen molar-refractivity contribution in [3.8, 4) is 11.5 Å². The van der Waals surface area contributed by atoms with Gasteiger partial charge in [0.25, 0.3) is 17.5 Å². The predicted octanol–water partition coefficient (Wildman–Crippen LogP) is 2.88. The van der Waals surface area contributed by atoms with Gasteiger partial charge in [-0.15, -0.1) is 0 Å². The number of urea groups is 1. The Morgan fingerprint density at radius 3 is 2.33 bits per heavy atom. The maximum atomic E-state index is 14.0. The molecule has 0 aromatic heterocycles. The number of benzene rings is 2. The van der Waals surface area contributed by atoms with Crippen molar-refractivity contribution < 1.29 is 37.0 Å². The molecule has 2 aromatic carbocycles. The van der Waals surface area contributed by atoms with E-state index in [1.54, 1.807) is 22.8 Å². The minimum Gasteiger partial charge on any atom is -0.493 e. The second-order valence-electron chi connectivity index (χ2n) is 7.25. The molecule has 1 atom stereocenters. The molecule has 33 heavy (non-hydrogen) atoms. The van der Waals surface area contributed by atoms with Crippen molar-refractivity contribution in [3.63, 3.8) is 0 Å². The van der Waals surface area contributed by atoms with E-state index in [1.165, 1.54) is 26.4 Å². The third-order valence-corrected chi connectivity index (χ3v) is 5.17. The number of hydrogen-bond acceptors (Lipinski definition) is 5. The fourth-order valence-electron chi connectivity index (χ4n) is 3.43. The summed E-state index contributed by atoms with van der Waals surface area (Å²) >= 11 is 0. The van der Waals surface area contributed by atoms with E-state index in [2.05, 4.69) is 0 Å². The summed E-state index contributed by atoms with van der Waals surface area (Å²) in [6, 6.07) is 11.6. The number of aryl methyl sites for hydroxylation is 1. The molecule has 4 amide bonds. The highest BCUT2D eigenvalue weighted by Gasteiger charge is 2.68. The van der Waals surface area contributed by atoms with Crippen LogP contribution in [0, 0.1) is 0 Å².